The van der Waals surface area contributed by atoms with Gasteiger partial charge in [-0.1, -0.05) is 12.1 Å². The number of nitrogens with zero attached hydrogens (tertiary/aromatic N) is 2. The quantitative estimate of drug-likeness (QED) is 0.129. The first-order valence-corrected chi connectivity index (χ1v) is 18.0. The normalized spacial score (nSPS) is 15.7. The molecule has 53 heavy (non-hydrogen) atoms. The number of ether oxygens (including phenoxy) is 3. The Balaban J connectivity index is 1.14. The van der Waals surface area contributed by atoms with Gasteiger partial charge in [0.05, 0.1) is 45.1 Å². The largest absolute Gasteiger partial charge is 0.493 e. The molecule has 2 heterocycles. The van der Waals surface area contributed by atoms with Gasteiger partial charge in [0.1, 0.15) is 28.5 Å². The average molecular weight is 737 g/mol. The van der Waals surface area contributed by atoms with Crippen LogP contribution in [0.25, 0.3) is 11.1 Å². The molecule has 13 nitrogen and oxygen atoms in total. The van der Waals surface area contributed by atoms with Crippen LogP contribution >= 0.6 is 0 Å². The second-order valence-corrected chi connectivity index (χ2v) is 13.5. The highest BCUT2D eigenvalue weighted by Gasteiger charge is 2.47. The van der Waals surface area contributed by atoms with E-state index in [2.05, 4.69) is 15.5 Å². The summed E-state index contributed by atoms with van der Waals surface area (Å²) in [5.74, 6) is 0.222. The Bertz CT molecular complexity index is 1670. The number of piperidine rings is 1. The average Bonchev–Trinajstić information content (AvgIpc) is 3.49. The number of anilines is 1. The summed E-state index contributed by atoms with van der Waals surface area (Å²) in [7, 11) is 0. The van der Waals surface area contributed by atoms with Gasteiger partial charge in [-0.3, -0.25) is 19.4 Å². The Morgan fingerprint density at radius 3 is 2.09 bits per heavy atom. The van der Waals surface area contributed by atoms with Crippen molar-refractivity contribution in [3.05, 3.63) is 77.6 Å². The van der Waals surface area contributed by atoms with E-state index >= 15 is 0 Å². The van der Waals surface area contributed by atoms with E-state index in [-0.39, 0.29) is 24.7 Å². The molecule has 0 aliphatic carbocycles. The fourth-order valence-corrected chi connectivity index (χ4v) is 6.61. The first-order chi connectivity index (χ1) is 25.6. The van der Waals surface area contributed by atoms with Crippen molar-refractivity contribution in [1.82, 2.24) is 15.5 Å². The molecule has 1 spiro atoms. The number of carbonyl (C=O) groups excluding carboxylic acids is 3. The molecular weight excluding hydrogens is 687 g/mol. The molecule has 0 aromatic heterocycles. The predicted octanol–water partition coefficient (Wildman–Crippen LogP) is 3.62. The van der Waals surface area contributed by atoms with Crippen LogP contribution in [0.15, 0.2) is 60.7 Å². The van der Waals surface area contributed by atoms with Crippen LogP contribution in [0.3, 0.4) is 0 Å². The number of carbonyl (C=O) groups is 3. The number of nitrogens with one attached hydrogen (secondary N) is 2. The van der Waals surface area contributed by atoms with Gasteiger partial charge in [-0.25, -0.2) is 9.18 Å². The van der Waals surface area contributed by atoms with Crippen LogP contribution in [-0.4, -0.2) is 108 Å². The van der Waals surface area contributed by atoms with Crippen molar-refractivity contribution in [2.24, 2.45) is 0 Å². The van der Waals surface area contributed by atoms with Crippen molar-refractivity contribution >= 4 is 23.6 Å². The van der Waals surface area contributed by atoms with Crippen molar-refractivity contribution in [3.63, 3.8) is 0 Å². The number of benzene rings is 3. The molecule has 0 atom stereocenters. The molecule has 2 aliphatic rings. The van der Waals surface area contributed by atoms with Gasteiger partial charge < -0.3 is 40.2 Å². The highest BCUT2D eigenvalue weighted by Crippen LogP contribution is 2.41. The van der Waals surface area contributed by atoms with Crippen molar-refractivity contribution in [3.8, 4) is 22.6 Å². The summed E-state index contributed by atoms with van der Waals surface area (Å²) in [6, 6.07) is 17.0. The van der Waals surface area contributed by atoms with Crippen molar-refractivity contribution in [2.75, 3.05) is 64.1 Å². The highest BCUT2D eigenvalue weighted by atomic mass is 19.1. The fourth-order valence-electron chi connectivity index (χ4n) is 6.61. The number of aliphatic hydroxyl groups is 3. The fraction of sp³-hybridized carbons (Fsp3) is 0.462. The topological polar surface area (TPSA) is 170 Å². The molecule has 3 amide bonds. The lowest BCUT2D eigenvalue weighted by Gasteiger charge is -2.37. The summed E-state index contributed by atoms with van der Waals surface area (Å²) in [5, 5.41) is 33.3. The third-order valence-corrected chi connectivity index (χ3v) is 9.62. The van der Waals surface area contributed by atoms with Gasteiger partial charge in [0.15, 0.2) is 0 Å². The molecule has 0 unspecified atom stereocenters. The minimum absolute atomic E-state index is 0.0210. The number of halogens is 1. The van der Waals surface area contributed by atoms with E-state index in [1.807, 2.05) is 26.0 Å². The van der Waals surface area contributed by atoms with Crippen molar-refractivity contribution < 1.29 is 48.3 Å². The number of rotatable bonds is 17. The van der Waals surface area contributed by atoms with Gasteiger partial charge in [-0.2, -0.15) is 0 Å². The molecule has 0 radical (unpaired) electrons. The van der Waals surface area contributed by atoms with Crippen LogP contribution in [-0.2, 0) is 16.1 Å². The molecule has 3 aromatic carbocycles. The molecule has 286 valence electrons. The third-order valence-electron chi connectivity index (χ3n) is 9.62. The minimum Gasteiger partial charge on any atom is -0.493 e. The van der Waals surface area contributed by atoms with E-state index in [0.29, 0.717) is 81.4 Å². The maximum absolute atomic E-state index is 13.7. The molecular formula is C39H49FN4O9. The summed E-state index contributed by atoms with van der Waals surface area (Å²) in [6.45, 7) is 5.59. The molecule has 0 saturated carbocycles. The smallest absolute Gasteiger partial charge is 0.415 e. The summed E-state index contributed by atoms with van der Waals surface area (Å²) in [4.78, 5) is 41.8. The summed E-state index contributed by atoms with van der Waals surface area (Å²) >= 11 is 0. The zero-order valence-electron chi connectivity index (χ0n) is 30.2. The first-order valence-electron chi connectivity index (χ1n) is 18.0. The SMILES string of the molecule is CCOc1cc(CN2CCC3(CC2)CN(c2ccc(C(=O)NCCCC(=O)NC(CO)(CO)CO)cc2)C(=O)O3)cc(OCC)c1-c1ccc(F)cc1. The Hall–Kier alpha value is -4.76. The molecule has 2 fully saturated rings. The van der Waals surface area contributed by atoms with Gasteiger partial charge in [-0.05, 0) is 79.9 Å². The van der Waals surface area contributed by atoms with Gasteiger partial charge in [0.25, 0.3) is 5.91 Å². The molecule has 3 aromatic rings. The maximum Gasteiger partial charge on any atom is 0.415 e. The van der Waals surface area contributed by atoms with Gasteiger partial charge in [0, 0.05) is 56.7 Å². The third kappa shape index (κ3) is 9.62. The van der Waals surface area contributed by atoms with E-state index in [9.17, 15) is 34.1 Å². The standard InChI is InChI=1S/C39H49FN4O9/c1-3-51-32-20-27(21-33(52-4-2)35(32)28-7-11-30(40)12-8-28)22-43-18-15-39(16-19-43)23-44(37(50)53-39)31-13-9-29(10-14-31)36(49)41-17-5-6-34(48)42-38(24-45,25-46)26-47/h7-14,20-21,45-47H,3-6,15-19,22-26H2,1-2H3,(H,41,49)(H,42,48). The summed E-state index contributed by atoms with van der Waals surface area (Å²) in [6.07, 6.45) is 1.20. The van der Waals surface area contributed by atoms with Crippen LogP contribution in [0.1, 0.15) is 55.5 Å². The van der Waals surface area contributed by atoms with E-state index in [0.717, 1.165) is 16.7 Å². The molecule has 5 N–H and O–H groups in total. The number of amides is 3. The number of hydrogen-bond acceptors (Lipinski definition) is 10. The van der Waals surface area contributed by atoms with E-state index < -0.39 is 43.0 Å². The summed E-state index contributed by atoms with van der Waals surface area (Å²) in [5.41, 5.74) is 1.50. The lowest BCUT2D eigenvalue weighted by molar-refractivity contribution is -0.125. The van der Waals surface area contributed by atoms with E-state index in [1.54, 1.807) is 41.3 Å². The number of hydrogen-bond donors (Lipinski definition) is 5. The number of aliphatic hydroxyl groups excluding tert-OH is 3. The number of likely N-dealkylation sites (tertiary alicyclic amines) is 1. The van der Waals surface area contributed by atoms with Crippen LogP contribution in [0.4, 0.5) is 14.9 Å². The Labute approximate surface area is 308 Å². The monoisotopic (exact) mass is 736 g/mol. The Kier molecular flexibility index (Phi) is 13.3. The highest BCUT2D eigenvalue weighted by molar-refractivity contribution is 5.96. The zero-order chi connectivity index (χ0) is 38.0. The van der Waals surface area contributed by atoms with E-state index in [1.165, 1.54) is 12.1 Å². The van der Waals surface area contributed by atoms with Gasteiger partial charge in [-0.15, -0.1) is 0 Å². The Morgan fingerprint density at radius 2 is 1.53 bits per heavy atom. The second-order valence-electron chi connectivity index (χ2n) is 13.5. The van der Waals surface area contributed by atoms with Crippen LogP contribution in [0, 0.1) is 5.82 Å². The lowest BCUT2D eigenvalue weighted by Crippen LogP contribution is -2.57. The van der Waals surface area contributed by atoms with E-state index in [4.69, 9.17) is 14.2 Å². The predicted molar refractivity (Wildman–Crippen MR) is 195 cm³/mol. The second kappa shape index (κ2) is 17.8. The van der Waals surface area contributed by atoms with Crippen molar-refractivity contribution in [1.29, 1.82) is 0 Å². The first kappa shape index (κ1) is 39.4. The molecule has 5 rings (SSSR count). The van der Waals surface area contributed by atoms with Gasteiger partial charge in [0.2, 0.25) is 5.91 Å². The Morgan fingerprint density at radius 1 is 0.925 bits per heavy atom. The van der Waals surface area contributed by atoms with Crippen LogP contribution in [0.5, 0.6) is 11.5 Å². The minimum atomic E-state index is -1.49. The summed E-state index contributed by atoms with van der Waals surface area (Å²) < 4.78 is 31.8. The zero-order valence-corrected chi connectivity index (χ0v) is 30.2. The van der Waals surface area contributed by atoms with Gasteiger partial charge >= 0.3 is 6.09 Å². The van der Waals surface area contributed by atoms with Crippen molar-refractivity contribution in [2.45, 2.75) is 57.2 Å². The molecule has 2 saturated heterocycles. The van der Waals surface area contributed by atoms with Crippen LogP contribution < -0.4 is 25.0 Å². The molecule has 2 aliphatic heterocycles. The maximum atomic E-state index is 13.7. The lowest BCUT2D eigenvalue weighted by atomic mass is 9.91. The van der Waals surface area contributed by atoms with Crippen LogP contribution in [0.2, 0.25) is 0 Å². The molecule has 14 heteroatoms. The molecule has 0 bridgehead atoms.